The standard InChI is InChI=1S/C19H19NO4S/c21-17(20-19(18(22)23)10-11-24-13-19)15-8-6-14(7-9-15)12-25-16-4-2-1-3-5-16/h1-9H,10-13H2,(H,20,21)(H,22,23). The van der Waals surface area contributed by atoms with Gasteiger partial charge in [0.15, 0.2) is 5.54 Å². The summed E-state index contributed by atoms with van der Waals surface area (Å²) >= 11 is 1.72. The van der Waals surface area contributed by atoms with Crippen LogP contribution in [0.15, 0.2) is 59.5 Å². The first kappa shape index (κ1) is 17.5. The minimum atomic E-state index is -1.32. The van der Waals surface area contributed by atoms with Crippen molar-refractivity contribution in [1.82, 2.24) is 5.32 Å². The molecular formula is C19H19NO4S. The largest absolute Gasteiger partial charge is 0.479 e. The molecule has 2 aromatic rings. The third-order valence-corrected chi connectivity index (χ3v) is 5.23. The molecule has 6 heteroatoms. The van der Waals surface area contributed by atoms with Crippen molar-refractivity contribution in [2.45, 2.75) is 22.6 Å². The van der Waals surface area contributed by atoms with E-state index in [-0.39, 0.29) is 13.0 Å². The number of ether oxygens (including phenoxy) is 1. The van der Waals surface area contributed by atoms with Crippen molar-refractivity contribution < 1.29 is 19.4 Å². The topological polar surface area (TPSA) is 75.6 Å². The first-order valence-corrected chi connectivity index (χ1v) is 8.98. The lowest BCUT2D eigenvalue weighted by Crippen LogP contribution is -2.55. The van der Waals surface area contributed by atoms with Gasteiger partial charge in [-0.25, -0.2) is 4.79 Å². The maximum atomic E-state index is 12.4. The van der Waals surface area contributed by atoms with Crippen LogP contribution in [0.4, 0.5) is 0 Å². The fourth-order valence-electron chi connectivity index (χ4n) is 2.61. The lowest BCUT2D eigenvalue weighted by atomic mass is 9.98. The Kier molecular flexibility index (Phi) is 5.40. The Labute approximate surface area is 150 Å². The highest BCUT2D eigenvalue weighted by atomic mass is 32.2. The summed E-state index contributed by atoms with van der Waals surface area (Å²) in [7, 11) is 0. The Bertz CT molecular complexity index is 740. The summed E-state index contributed by atoms with van der Waals surface area (Å²) in [6, 6.07) is 17.3. The van der Waals surface area contributed by atoms with E-state index in [9.17, 15) is 14.7 Å². The van der Waals surface area contributed by atoms with Crippen molar-refractivity contribution in [2.24, 2.45) is 0 Å². The molecule has 0 spiro atoms. The van der Waals surface area contributed by atoms with E-state index >= 15 is 0 Å². The number of benzene rings is 2. The normalized spacial score (nSPS) is 19.5. The Hall–Kier alpha value is -2.31. The van der Waals surface area contributed by atoms with Crippen LogP contribution in [0.1, 0.15) is 22.3 Å². The van der Waals surface area contributed by atoms with Gasteiger partial charge >= 0.3 is 5.97 Å². The summed E-state index contributed by atoms with van der Waals surface area (Å²) in [6.07, 6.45) is 0.278. The number of thioether (sulfide) groups is 1. The molecule has 0 aromatic heterocycles. The van der Waals surface area contributed by atoms with E-state index < -0.39 is 17.4 Å². The summed E-state index contributed by atoms with van der Waals surface area (Å²) in [5, 5.41) is 12.0. The monoisotopic (exact) mass is 357 g/mol. The Morgan fingerprint density at radius 1 is 1.12 bits per heavy atom. The number of amides is 1. The molecule has 130 valence electrons. The highest BCUT2D eigenvalue weighted by Gasteiger charge is 2.44. The van der Waals surface area contributed by atoms with E-state index in [4.69, 9.17) is 4.74 Å². The molecule has 1 aliphatic rings. The van der Waals surface area contributed by atoms with Crippen LogP contribution in [0.5, 0.6) is 0 Å². The molecule has 1 amide bonds. The number of carboxylic acid groups (broad SMARTS) is 1. The van der Waals surface area contributed by atoms with Crippen LogP contribution in [0.2, 0.25) is 0 Å². The lowest BCUT2D eigenvalue weighted by molar-refractivity contribution is -0.144. The minimum Gasteiger partial charge on any atom is -0.479 e. The molecule has 25 heavy (non-hydrogen) atoms. The minimum absolute atomic E-state index is 0.000126. The molecule has 3 rings (SSSR count). The average molecular weight is 357 g/mol. The second-order valence-corrected chi connectivity index (χ2v) is 6.99. The van der Waals surface area contributed by atoms with Crippen LogP contribution in [-0.2, 0) is 15.3 Å². The zero-order valence-corrected chi connectivity index (χ0v) is 14.4. The van der Waals surface area contributed by atoms with E-state index in [0.29, 0.717) is 12.2 Å². The average Bonchev–Trinajstić information content (AvgIpc) is 3.11. The molecule has 1 aliphatic heterocycles. The molecule has 2 N–H and O–H groups in total. The van der Waals surface area contributed by atoms with Crippen LogP contribution in [0.25, 0.3) is 0 Å². The number of carbonyl (C=O) groups excluding carboxylic acids is 1. The van der Waals surface area contributed by atoms with Crippen molar-refractivity contribution in [1.29, 1.82) is 0 Å². The third kappa shape index (κ3) is 4.21. The maximum Gasteiger partial charge on any atom is 0.331 e. The SMILES string of the molecule is O=C(NC1(C(=O)O)CCOC1)c1ccc(CSc2ccccc2)cc1. The van der Waals surface area contributed by atoms with Crippen molar-refractivity contribution >= 4 is 23.6 Å². The molecule has 1 saturated heterocycles. The van der Waals surface area contributed by atoms with E-state index in [2.05, 4.69) is 17.4 Å². The number of rotatable bonds is 6. The molecule has 0 radical (unpaired) electrons. The van der Waals surface area contributed by atoms with Gasteiger partial charge in [-0.05, 0) is 29.8 Å². The number of hydrogen-bond acceptors (Lipinski definition) is 4. The maximum absolute atomic E-state index is 12.4. The second kappa shape index (κ2) is 7.72. The first-order chi connectivity index (χ1) is 12.1. The van der Waals surface area contributed by atoms with Crippen molar-refractivity contribution in [3.8, 4) is 0 Å². The van der Waals surface area contributed by atoms with Gasteiger partial charge in [0.1, 0.15) is 0 Å². The van der Waals surface area contributed by atoms with Gasteiger partial charge in [-0.3, -0.25) is 4.79 Å². The van der Waals surface area contributed by atoms with Crippen LogP contribution in [0.3, 0.4) is 0 Å². The number of carboxylic acids is 1. The number of nitrogens with one attached hydrogen (secondary N) is 1. The summed E-state index contributed by atoms with van der Waals surface area (Å²) in [6.45, 7) is 0.335. The summed E-state index contributed by atoms with van der Waals surface area (Å²) in [5.41, 5.74) is 0.224. The third-order valence-electron chi connectivity index (χ3n) is 4.15. The van der Waals surface area contributed by atoms with Gasteiger partial charge in [-0.2, -0.15) is 0 Å². The lowest BCUT2D eigenvalue weighted by Gasteiger charge is -2.23. The molecule has 0 bridgehead atoms. The highest BCUT2D eigenvalue weighted by Crippen LogP contribution is 2.23. The number of carbonyl (C=O) groups is 2. The molecule has 1 heterocycles. The predicted octanol–water partition coefficient (Wildman–Crippen LogP) is 2.95. The molecule has 1 fully saturated rings. The van der Waals surface area contributed by atoms with Gasteiger partial charge in [0.25, 0.3) is 5.91 Å². The fraction of sp³-hybridized carbons (Fsp3) is 0.263. The Morgan fingerprint density at radius 3 is 2.44 bits per heavy atom. The van der Waals surface area contributed by atoms with Gasteiger partial charge in [0.05, 0.1) is 6.61 Å². The quantitative estimate of drug-likeness (QED) is 0.778. The van der Waals surface area contributed by atoms with Crippen LogP contribution >= 0.6 is 11.8 Å². The fourth-order valence-corrected chi connectivity index (χ4v) is 3.49. The second-order valence-electron chi connectivity index (χ2n) is 5.94. The zero-order chi connectivity index (χ0) is 17.7. The molecule has 1 atom stereocenters. The zero-order valence-electron chi connectivity index (χ0n) is 13.6. The Balaban J connectivity index is 1.61. The van der Waals surface area contributed by atoms with Crippen LogP contribution < -0.4 is 5.32 Å². The van der Waals surface area contributed by atoms with Crippen LogP contribution in [-0.4, -0.2) is 35.7 Å². The smallest absolute Gasteiger partial charge is 0.331 e. The van der Waals surface area contributed by atoms with Crippen LogP contribution in [0, 0.1) is 0 Å². The number of aliphatic carboxylic acids is 1. The molecule has 0 saturated carbocycles. The predicted molar refractivity (Wildman–Crippen MR) is 95.7 cm³/mol. The van der Waals surface area contributed by atoms with Gasteiger partial charge < -0.3 is 15.2 Å². The van der Waals surface area contributed by atoms with Gasteiger partial charge in [0.2, 0.25) is 0 Å². The van der Waals surface area contributed by atoms with E-state index in [1.807, 2.05) is 30.3 Å². The van der Waals surface area contributed by atoms with E-state index in [0.717, 1.165) is 11.3 Å². The molecule has 5 nitrogen and oxygen atoms in total. The molecule has 1 unspecified atom stereocenters. The summed E-state index contributed by atoms with van der Waals surface area (Å²) in [4.78, 5) is 25.0. The van der Waals surface area contributed by atoms with Gasteiger partial charge in [0, 0.05) is 29.2 Å². The van der Waals surface area contributed by atoms with E-state index in [1.165, 1.54) is 4.90 Å². The van der Waals surface area contributed by atoms with E-state index in [1.54, 1.807) is 23.9 Å². The molecule has 2 aromatic carbocycles. The van der Waals surface area contributed by atoms with Crippen molar-refractivity contribution in [3.63, 3.8) is 0 Å². The summed E-state index contributed by atoms with van der Waals surface area (Å²) in [5.74, 6) is -0.650. The number of hydrogen-bond donors (Lipinski definition) is 2. The summed E-state index contributed by atoms with van der Waals surface area (Å²) < 4.78 is 5.15. The molecule has 0 aliphatic carbocycles. The highest BCUT2D eigenvalue weighted by molar-refractivity contribution is 7.98. The first-order valence-electron chi connectivity index (χ1n) is 7.99. The van der Waals surface area contributed by atoms with Crippen molar-refractivity contribution in [3.05, 3.63) is 65.7 Å². The van der Waals surface area contributed by atoms with Gasteiger partial charge in [-0.15, -0.1) is 11.8 Å². The van der Waals surface area contributed by atoms with Crippen molar-refractivity contribution in [2.75, 3.05) is 13.2 Å². The Morgan fingerprint density at radius 2 is 1.84 bits per heavy atom. The molecular weight excluding hydrogens is 338 g/mol. The van der Waals surface area contributed by atoms with Gasteiger partial charge in [-0.1, -0.05) is 30.3 Å².